The van der Waals surface area contributed by atoms with E-state index in [4.69, 9.17) is 16.9 Å². The van der Waals surface area contributed by atoms with Crippen molar-refractivity contribution >= 4 is 28.8 Å². The van der Waals surface area contributed by atoms with Gasteiger partial charge in [-0.15, -0.1) is 0 Å². The number of amides is 1. The fraction of sp³-hybridized carbons (Fsp3) is 0.400. The van der Waals surface area contributed by atoms with Crippen LogP contribution >= 0.6 is 0 Å². The lowest BCUT2D eigenvalue weighted by Crippen LogP contribution is -2.50. The maximum absolute atomic E-state index is 10.9. The summed E-state index contributed by atoms with van der Waals surface area (Å²) < 4.78 is 0. The molecule has 1 aromatic rings. The fourth-order valence-corrected chi connectivity index (χ4v) is 2.34. The number of hydrogen-bond acceptors (Lipinski definition) is 5. The molecule has 22 heavy (non-hydrogen) atoms. The molecule has 1 atom stereocenters. The summed E-state index contributed by atoms with van der Waals surface area (Å²) in [5.74, 6) is -1.06. The summed E-state index contributed by atoms with van der Waals surface area (Å²) in [5, 5.41) is 7.40. The zero-order valence-corrected chi connectivity index (χ0v) is 12.9. The van der Waals surface area contributed by atoms with E-state index in [1.165, 1.54) is 0 Å². The molecule has 7 nitrogen and oxygen atoms in total. The van der Waals surface area contributed by atoms with Crippen LogP contribution in [0.5, 0.6) is 0 Å². The number of carbonyl (C=O) groups is 1. The Labute approximate surface area is 130 Å². The molecular formula is C15H22N6O. The van der Waals surface area contributed by atoms with Gasteiger partial charge in [0.15, 0.2) is 11.5 Å². The molecule has 0 radical (unpaired) electrons. The molecule has 7 heteroatoms. The Morgan fingerprint density at radius 3 is 2.45 bits per heavy atom. The highest BCUT2D eigenvalue weighted by Crippen LogP contribution is 2.22. The van der Waals surface area contributed by atoms with Crippen LogP contribution in [0.4, 0.5) is 11.4 Å². The van der Waals surface area contributed by atoms with Crippen LogP contribution in [-0.2, 0) is 4.79 Å². The molecule has 2 rings (SSSR count). The van der Waals surface area contributed by atoms with E-state index in [1.54, 1.807) is 0 Å². The molecule has 1 heterocycles. The van der Waals surface area contributed by atoms with Gasteiger partial charge < -0.3 is 21.3 Å². The van der Waals surface area contributed by atoms with E-state index in [-0.39, 0.29) is 5.84 Å². The monoisotopic (exact) mass is 302 g/mol. The second kappa shape index (κ2) is 6.57. The topological polar surface area (TPSA) is 112 Å². The van der Waals surface area contributed by atoms with E-state index < -0.39 is 11.6 Å². The molecule has 1 saturated heterocycles. The molecule has 1 fully saturated rings. The summed E-state index contributed by atoms with van der Waals surface area (Å²) in [6.45, 7) is 5.20. The van der Waals surface area contributed by atoms with E-state index in [9.17, 15) is 4.79 Å². The summed E-state index contributed by atoms with van der Waals surface area (Å²) in [7, 11) is 2.14. The lowest BCUT2D eigenvalue weighted by molar-refractivity contribution is -0.111. The third-order valence-electron chi connectivity index (χ3n) is 3.93. The number of amidine groups is 1. The molecule has 118 valence electrons. The number of aliphatic imine (C=N–C) groups is 1. The van der Waals surface area contributed by atoms with E-state index in [1.807, 2.05) is 24.3 Å². The van der Waals surface area contributed by atoms with Gasteiger partial charge in [-0.1, -0.05) is 0 Å². The van der Waals surface area contributed by atoms with Crippen LogP contribution in [0.2, 0.25) is 0 Å². The minimum Gasteiger partial charge on any atom is -0.382 e. The minimum atomic E-state index is -0.885. The van der Waals surface area contributed by atoms with Crippen LogP contribution in [0.25, 0.3) is 0 Å². The standard InChI is InChI=1S/C15H22N6O/c1-10-9-21(8-7-20(10)2)12-5-3-11(4-6-12)19-14(17)13(16)15(18)22/h3-6,10,16H,7-9H2,1-2H3,(H2,17,19)(H2,18,22). The SMILES string of the molecule is CC1CN(c2ccc(N=C(N)C(=N)C(N)=O)cc2)CCN1C. The second-order valence-corrected chi connectivity index (χ2v) is 5.53. The maximum Gasteiger partial charge on any atom is 0.270 e. The third kappa shape index (κ3) is 3.62. The van der Waals surface area contributed by atoms with Gasteiger partial charge in [0, 0.05) is 31.4 Å². The van der Waals surface area contributed by atoms with Crippen molar-refractivity contribution in [3.63, 3.8) is 0 Å². The van der Waals surface area contributed by atoms with Gasteiger partial charge in [0.05, 0.1) is 5.69 Å². The molecule has 1 aromatic carbocycles. The molecule has 0 aliphatic carbocycles. The lowest BCUT2D eigenvalue weighted by atomic mass is 10.1. The number of benzene rings is 1. The van der Waals surface area contributed by atoms with Crippen LogP contribution in [0.1, 0.15) is 6.92 Å². The quantitative estimate of drug-likeness (QED) is 0.549. The number of nitrogens with one attached hydrogen (secondary N) is 1. The first-order valence-electron chi connectivity index (χ1n) is 7.16. The largest absolute Gasteiger partial charge is 0.382 e. The third-order valence-corrected chi connectivity index (χ3v) is 3.93. The van der Waals surface area contributed by atoms with Gasteiger partial charge in [-0.2, -0.15) is 0 Å². The van der Waals surface area contributed by atoms with E-state index in [0.29, 0.717) is 11.7 Å². The average molecular weight is 302 g/mol. The molecule has 0 saturated carbocycles. The van der Waals surface area contributed by atoms with Crippen molar-refractivity contribution < 1.29 is 4.79 Å². The Morgan fingerprint density at radius 1 is 1.27 bits per heavy atom. The normalized spacial score (nSPS) is 20.0. The number of anilines is 1. The van der Waals surface area contributed by atoms with Crippen LogP contribution in [0.15, 0.2) is 29.3 Å². The van der Waals surface area contributed by atoms with Crippen LogP contribution in [0, 0.1) is 5.41 Å². The van der Waals surface area contributed by atoms with E-state index in [2.05, 4.69) is 28.8 Å². The molecule has 0 bridgehead atoms. The van der Waals surface area contributed by atoms with Gasteiger partial charge in [-0.25, -0.2) is 4.99 Å². The average Bonchev–Trinajstić information content (AvgIpc) is 2.50. The number of piperazine rings is 1. The fourth-order valence-electron chi connectivity index (χ4n) is 2.34. The maximum atomic E-state index is 10.9. The van der Waals surface area contributed by atoms with Crippen molar-refractivity contribution in [3.05, 3.63) is 24.3 Å². The summed E-state index contributed by atoms with van der Waals surface area (Å²) >= 11 is 0. The first-order valence-corrected chi connectivity index (χ1v) is 7.16. The second-order valence-electron chi connectivity index (χ2n) is 5.53. The van der Waals surface area contributed by atoms with Crippen molar-refractivity contribution in [1.82, 2.24) is 4.90 Å². The summed E-state index contributed by atoms with van der Waals surface area (Å²) in [6.07, 6.45) is 0. The molecule has 1 amide bonds. The highest BCUT2D eigenvalue weighted by molar-refractivity contribution is 6.65. The first-order chi connectivity index (χ1) is 10.4. The van der Waals surface area contributed by atoms with E-state index >= 15 is 0 Å². The highest BCUT2D eigenvalue weighted by atomic mass is 16.1. The molecule has 0 aromatic heterocycles. The summed E-state index contributed by atoms with van der Waals surface area (Å²) in [5.41, 5.74) is 11.8. The van der Waals surface area contributed by atoms with Gasteiger partial charge in [-0.05, 0) is 38.2 Å². The Hall–Kier alpha value is -2.41. The zero-order chi connectivity index (χ0) is 16.3. The Kier molecular flexibility index (Phi) is 4.77. The number of nitrogens with two attached hydrogens (primary N) is 2. The number of rotatable bonds is 4. The highest BCUT2D eigenvalue weighted by Gasteiger charge is 2.20. The van der Waals surface area contributed by atoms with Crippen LogP contribution in [0.3, 0.4) is 0 Å². The molecule has 1 unspecified atom stereocenters. The summed E-state index contributed by atoms with van der Waals surface area (Å²) in [6, 6.07) is 8.09. The Bertz CT molecular complexity index is 595. The minimum absolute atomic E-state index is 0.173. The molecular weight excluding hydrogens is 280 g/mol. The number of carbonyl (C=O) groups excluding carboxylic acids is 1. The Balaban J connectivity index is 2.09. The van der Waals surface area contributed by atoms with Crippen molar-refractivity contribution in [3.8, 4) is 0 Å². The smallest absolute Gasteiger partial charge is 0.270 e. The molecule has 5 N–H and O–H groups in total. The number of likely N-dealkylation sites (N-methyl/N-ethyl adjacent to an activating group) is 1. The first kappa shape index (κ1) is 16.0. The number of nitrogens with zero attached hydrogens (tertiary/aromatic N) is 3. The van der Waals surface area contributed by atoms with Gasteiger partial charge in [-0.3, -0.25) is 10.2 Å². The van der Waals surface area contributed by atoms with Crippen LogP contribution in [-0.4, -0.2) is 55.1 Å². The van der Waals surface area contributed by atoms with Gasteiger partial charge >= 0.3 is 0 Å². The number of primary amides is 1. The van der Waals surface area contributed by atoms with Gasteiger partial charge in [0.25, 0.3) is 5.91 Å². The molecule has 1 aliphatic heterocycles. The Morgan fingerprint density at radius 2 is 1.91 bits per heavy atom. The van der Waals surface area contributed by atoms with Crippen molar-refractivity contribution in [2.45, 2.75) is 13.0 Å². The van der Waals surface area contributed by atoms with Crippen molar-refractivity contribution in [2.24, 2.45) is 16.5 Å². The van der Waals surface area contributed by atoms with Crippen LogP contribution < -0.4 is 16.4 Å². The predicted octanol–water partition coefficient (Wildman–Crippen LogP) is 0.321. The summed E-state index contributed by atoms with van der Waals surface area (Å²) in [4.78, 5) is 19.6. The van der Waals surface area contributed by atoms with E-state index in [0.717, 1.165) is 25.3 Å². The lowest BCUT2D eigenvalue weighted by Gasteiger charge is -2.39. The molecule has 1 aliphatic rings. The predicted molar refractivity (Wildman–Crippen MR) is 89.0 cm³/mol. The van der Waals surface area contributed by atoms with Crippen molar-refractivity contribution in [1.29, 1.82) is 5.41 Å². The molecule has 0 spiro atoms. The van der Waals surface area contributed by atoms with Gasteiger partial charge in [0.1, 0.15) is 0 Å². The van der Waals surface area contributed by atoms with Gasteiger partial charge in [0.2, 0.25) is 0 Å². The number of hydrogen-bond donors (Lipinski definition) is 3. The zero-order valence-electron chi connectivity index (χ0n) is 12.9. The van der Waals surface area contributed by atoms with Crippen molar-refractivity contribution in [2.75, 3.05) is 31.6 Å².